The molecule has 16 heteroatoms. The summed E-state index contributed by atoms with van der Waals surface area (Å²) in [7, 11) is -4.56. The number of aliphatic hydroxyl groups excluding tert-OH is 1. The van der Waals surface area contributed by atoms with Crippen molar-refractivity contribution < 1.29 is 41.8 Å². The molecular formula is C27H37F2N6O7P. The van der Waals surface area contributed by atoms with Gasteiger partial charge in [-0.1, -0.05) is 18.2 Å². The third-order valence-electron chi connectivity index (χ3n) is 6.40. The monoisotopic (exact) mass is 626 g/mol. The molecule has 0 spiro atoms. The molecule has 3 heterocycles. The Morgan fingerprint density at radius 3 is 2.49 bits per heavy atom. The highest BCUT2D eigenvalue weighted by Gasteiger charge is 2.65. The molecule has 13 nitrogen and oxygen atoms in total. The molecular weight excluding hydrogens is 589 g/mol. The number of aromatic nitrogens is 4. The Morgan fingerprint density at radius 2 is 1.86 bits per heavy atom. The van der Waals surface area contributed by atoms with Gasteiger partial charge >= 0.3 is 13.7 Å². The molecule has 2 aromatic heterocycles. The van der Waals surface area contributed by atoms with Crippen LogP contribution in [0.15, 0.2) is 36.7 Å². The van der Waals surface area contributed by atoms with Gasteiger partial charge in [0.25, 0.3) is 5.85 Å². The predicted octanol–water partition coefficient (Wildman–Crippen LogP) is 4.37. The number of anilines is 1. The number of hydrogen-bond donors (Lipinski definition) is 3. The number of nitrogens with zero attached hydrogens (tertiary/aromatic N) is 4. The molecule has 0 unspecified atom stereocenters. The lowest BCUT2D eigenvalue weighted by Crippen LogP contribution is -2.47. The lowest BCUT2D eigenvalue weighted by atomic mass is 9.97. The number of carbonyl (C=O) groups excluding carboxylic acids is 1. The number of aliphatic hydroxyl groups is 1. The molecule has 6 atom stereocenters. The van der Waals surface area contributed by atoms with Gasteiger partial charge in [0.1, 0.15) is 24.2 Å². The van der Waals surface area contributed by atoms with Crippen LogP contribution in [-0.2, 0) is 23.4 Å². The lowest BCUT2D eigenvalue weighted by Gasteiger charge is -2.28. The van der Waals surface area contributed by atoms with Gasteiger partial charge in [-0.25, -0.2) is 28.3 Å². The van der Waals surface area contributed by atoms with E-state index in [2.05, 4.69) is 25.4 Å². The zero-order valence-electron chi connectivity index (χ0n) is 24.9. The second-order valence-corrected chi connectivity index (χ2v) is 12.8. The van der Waals surface area contributed by atoms with E-state index in [9.17, 15) is 14.5 Å². The predicted molar refractivity (Wildman–Crippen MR) is 153 cm³/mol. The summed E-state index contributed by atoms with van der Waals surface area (Å²) in [5.41, 5.74) is -2.31. The molecule has 43 heavy (non-hydrogen) atoms. The third kappa shape index (κ3) is 7.13. The topological polar surface area (TPSA) is 159 Å². The SMILES string of the molecule is Cc1nc(NC(C)C)c2ncn([C@@H]3O[C@](F)(CO[P@](=O)(N[C@@H](C)C(=O)OC(C)C)Oc4ccccc4)[C@@H](O)[C@@]3(C)F)c2n1. The smallest absolute Gasteiger partial charge is 0.459 e. The van der Waals surface area contributed by atoms with Crippen LogP contribution in [0.5, 0.6) is 5.75 Å². The number of benzene rings is 1. The highest BCUT2D eigenvalue weighted by atomic mass is 31.2. The number of fused-ring (bicyclic) bond motifs is 1. The molecule has 0 aliphatic carbocycles. The Labute approximate surface area is 247 Å². The average molecular weight is 627 g/mol. The summed E-state index contributed by atoms with van der Waals surface area (Å²) in [6, 6.07) is 6.58. The van der Waals surface area contributed by atoms with Gasteiger partial charge in [0.2, 0.25) is 0 Å². The minimum atomic E-state index is -4.56. The molecule has 1 aromatic carbocycles. The second kappa shape index (κ2) is 12.4. The van der Waals surface area contributed by atoms with E-state index in [0.29, 0.717) is 11.6 Å². The fourth-order valence-corrected chi connectivity index (χ4v) is 5.95. The number of aryl methyl sites for hydroxylation is 1. The molecule has 3 N–H and O–H groups in total. The van der Waals surface area contributed by atoms with Gasteiger partial charge < -0.3 is 24.4 Å². The van der Waals surface area contributed by atoms with E-state index >= 15 is 8.78 Å². The molecule has 1 aliphatic heterocycles. The van der Waals surface area contributed by atoms with Crippen LogP contribution in [0.2, 0.25) is 0 Å². The van der Waals surface area contributed by atoms with Gasteiger partial charge in [-0.05, 0) is 60.6 Å². The van der Waals surface area contributed by atoms with Crippen molar-refractivity contribution >= 4 is 30.7 Å². The summed E-state index contributed by atoms with van der Waals surface area (Å²) in [6.45, 7) is 9.76. The van der Waals surface area contributed by atoms with Crippen LogP contribution in [0, 0.1) is 6.92 Å². The number of esters is 1. The van der Waals surface area contributed by atoms with Gasteiger partial charge in [0.05, 0.1) is 12.4 Å². The van der Waals surface area contributed by atoms with Crippen LogP contribution in [0.3, 0.4) is 0 Å². The Balaban J connectivity index is 1.62. The minimum absolute atomic E-state index is 0.00774. The molecule has 3 aromatic rings. The van der Waals surface area contributed by atoms with Gasteiger partial charge in [0.15, 0.2) is 35.0 Å². The highest BCUT2D eigenvalue weighted by molar-refractivity contribution is 7.52. The van der Waals surface area contributed by atoms with Crippen molar-refractivity contribution in [2.75, 3.05) is 11.9 Å². The molecule has 1 fully saturated rings. The van der Waals surface area contributed by atoms with E-state index in [-0.39, 0.29) is 23.0 Å². The Hall–Kier alpha value is -3.23. The Bertz CT molecular complexity index is 1490. The molecule has 236 valence electrons. The van der Waals surface area contributed by atoms with E-state index in [0.717, 1.165) is 11.5 Å². The van der Waals surface area contributed by atoms with Crippen molar-refractivity contribution in [3.8, 4) is 5.75 Å². The van der Waals surface area contributed by atoms with Crippen LogP contribution in [0.25, 0.3) is 11.2 Å². The van der Waals surface area contributed by atoms with Crippen LogP contribution in [0.4, 0.5) is 14.6 Å². The van der Waals surface area contributed by atoms with Crippen LogP contribution >= 0.6 is 7.75 Å². The van der Waals surface area contributed by atoms with E-state index < -0.39 is 56.3 Å². The first-order valence-corrected chi connectivity index (χ1v) is 15.3. The largest absolute Gasteiger partial charge is 0.462 e. The number of ether oxygens (including phenoxy) is 2. The number of imidazole rings is 1. The van der Waals surface area contributed by atoms with E-state index in [1.807, 2.05) is 13.8 Å². The second-order valence-electron chi connectivity index (χ2n) is 11.1. The van der Waals surface area contributed by atoms with Gasteiger partial charge in [-0.2, -0.15) is 5.09 Å². The molecule has 0 amide bonds. The van der Waals surface area contributed by atoms with Gasteiger partial charge in [0, 0.05) is 6.04 Å². The van der Waals surface area contributed by atoms with E-state index in [4.69, 9.17) is 18.5 Å². The third-order valence-corrected chi connectivity index (χ3v) is 8.03. The average Bonchev–Trinajstić information content (AvgIpc) is 3.40. The van der Waals surface area contributed by atoms with Crippen molar-refractivity contribution in [3.05, 3.63) is 42.5 Å². The fraction of sp³-hybridized carbons (Fsp3) is 0.556. The Kier molecular flexibility index (Phi) is 9.43. The van der Waals surface area contributed by atoms with Crippen molar-refractivity contribution in [2.24, 2.45) is 0 Å². The molecule has 4 rings (SSSR count). The number of alkyl halides is 2. The fourth-order valence-electron chi connectivity index (χ4n) is 4.44. The van der Waals surface area contributed by atoms with E-state index in [1.165, 1.54) is 25.4 Å². The highest BCUT2D eigenvalue weighted by Crippen LogP contribution is 2.52. The van der Waals surface area contributed by atoms with Crippen molar-refractivity contribution in [1.82, 2.24) is 24.6 Å². The maximum Gasteiger partial charge on any atom is 0.459 e. The van der Waals surface area contributed by atoms with Crippen molar-refractivity contribution in [3.63, 3.8) is 0 Å². The lowest BCUT2D eigenvalue weighted by molar-refractivity contribution is -0.202. The quantitative estimate of drug-likeness (QED) is 0.193. The number of halogens is 2. The molecule has 0 saturated carbocycles. The molecule has 1 aliphatic rings. The number of nitrogens with one attached hydrogen (secondary N) is 2. The molecule has 0 bridgehead atoms. The molecule has 1 saturated heterocycles. The summed E-state index contributed by atoms with van der Waals surface area (Å²) in [5.74, 6) is -3.19. The normalized spacial score (nSPS) is 26.0. The standard InChI is InChI=1S/C27H37F2N6O7P/c1-15(2)31-21-20-22(33-18(6)32-21)35(14-30-20)25-26(7,28)24(37)27(29,41-25)13-39-43(38,42-19-11-9-8-10-12-19)34-17(5)23(36)40-16(3)4/h8-12,14-17,24-25,37H,13H2,1-7H3,(H,34,38)(H,31,32,33)/t17-,24-,25+,26+,27+,43+/m0/s1. The Morgan fingerprint density at radius 1 is 1.19 bits per heavy atom. The summed E-state index contributed by atoms with van der Waals surface area (Å²) in [4.78, 5) is 25.4. The first kappa shape index (κ1) is 32.7. The van der Waals surface area contributed by atoms with E-state index in [1.54, 1.807) is 39.0 Å². The van der Waals surface area contributed by atoms with Crippen molar-refractivity contribution in [1.29, 1.82) is 0 Å². The van der Waals surface area contributed by atoms with Crippen LogP contribution in [-0.4, -0.2) is 73.0 Å². The molecule has 0 radical (unpaired) electrons. The van der Waals surface area contributed by atoms with Gasteiger partial charge in [-0.3, -0.25) is 13.9 Å². The first-order valence-electron chi connectivity index (χ1n) is 13.7. The van der Waals surface area contributed by atoms with Crippen LogP contribution in [0.1, 0.15) is 53.6 Å². The summed E-state index contributed by atoms with van der Waals surface area (Å²) < 4.78 is 68.9. The first-order chi connectivity index (χ1) is 20.0. The summed E-state index contributed by atoms with van der Waals surface area (Å²) >= 11 is 0. The zero-order valence-corrected chi connectivity index (χ0v) is 25.8. The van der Waals surface area contributed by atoms with Crippen molar-refractivity contribution in [2.45, 2.75) is 90.5 Å². The number of carbonyl (C=O) groups is 1. The summed E-state index contributed by atoms with van der Waals surface area (Å²) in [6.07, 6.45) is -3.43. The van der Waals surface area contributed by atoms with Gasteiger partial charge in [-0.15, -0.1) is 0 Å². The number of para-hydroxylation sites is 1. The maximum absolute atomic E-state index is 16.3. The number of rotatable bonds is 12. The summed E-state index contributed by atoms with van der Waals surface area (Å²) in [5, 5.41) is 16.4. The zero-order chi connectivity index (χ0) is 31.7. The van der Waals surface area contributed by atoms with Crippen LogP contribution < -0.4 is 14.9 Å². The maximum atomic E-state index is 16.3. The minimum Gasteiger partial charge on any atom is -0.462 e. The number of hydrogen-bond acceptors (Lipinski definition) is 11.